The molecule has 1 unspecified atom stereocenters. The van der Waals surface area contributed by atoms with Crippen molar-refractivity contribution in [3.8, 4) is 5.75 Å². The molecule has 4 heteroatoms. The van der Waals surface area contributed by atoms with Gasteiger partial charge in [-0.15, -0.1) is 11.3 Å². The lowest BCUT2D eigenvalue weighted by Gasteiger charge is -2.11. The molecule has 0 bridgehead atoms. The van der Waals surface area contributed by atoms with Crippen molar-refractivity contribution in [3.63, 3.8) is 0 Å². The van der Waals surface area contributed by atoms with Gasteiger partial charge in [0.2, 0.25) is 0 Å². The van der Waals surface area contributed by atoms with Gasteiger partial charge in [-0.2, -0.15) is 0 Å². The van der Waals surface area contributed by atoms with Crippen LogP contribution in [0.15, 0.2) is 30.5 Å². The molecule has 3 nitrogen and oxygen atoms in total. The number of hydrogen-bond donors (Lipinski definition) is 1. The molecule has 0 aliphatic rings. The van der Waals surface area contributed by atoms with Crippen molar-refractivity contribution >= 4 is 11.3 Å². The van der Waals surface area contributed by atoms with E-state index in [0.717, 1.165) is 22.7 Å². The highest BCUT2D eigenvalue weighted by atomic mass is 32.1. The Balaban J connectivity index is 2.02. The number of ether oxygens (including phenoxy) is 1. The number of hydrogen-bond acceptors (Lipinski definition) is 4. The Bertz CT molecular complexity index is 493. The lowest BCUT2D eigenvalue weighted by Crippen LogP contribution is -2.13. The van der Waals surface area contributed by atoms with E-state index in [1.807, 2.05) is 37.4 Å². The number of rotatable bonds is 5. The standard InChI is InChI=1S/C14H18N2OS/c1-3-17-12-6-4-11(5-7-12)13(15)8-14-16-9-10(2)18-14/h4-7,9,13H,3,8,15H2,1-2H3. The molecule has 0 saturated heterocycles. The molecule has 0 fully saturated rings. The van der Waals surface area contributed by atoms with Gasteiger partial charge in [-0.1, -0.05) is 12.1 Å². The van der Waals surface area contributed by atoms with Crippen molar-refractivity contribution in [1.29, 1.82) is 0 Å². The summed E-state index contributed by atoms with van der Waals surface area (Å²) in [6.45, 7) is 4.72. The zero-order chi connectivity index (χ0) is 13.0. The summed E-state index contributed by atoms with van der Waals surface area (Å²) in [7, 11) is 0. The summed E-state index contributed by atoms with van der Waals surface area (Å²) in [4.78, 5) is 5.57. The maximum Gasteiger partial charge on any atom is 0.119 e. The number of aromatic nitrogens is 1. The molecule has 1 atom stereocenters. The van der Waals surface area contributed by atoms with Gasteiger partial charge in [0.05, 0.1) is 11.6 Å². The second kappa shape index (κ2) is 5.98. The van der Waals surface area contributed by atoms with Crippen molar-refractivity contribution in [2.75, 3.05) is 6.61 Å². The topological polar surface area (TPSA) is 48.1 Å². The maximum absolute atomic E-state index is 6.19. The third-order valence-electron chi connectivity index (χ3n) is 2.68. The Morgan fingerprint density at radius 3 is 2.61 bits per heavy atom. The molecule has 0 aliphatic heterocycles. The molecule has 96 valence electrons. The lowest BCUT2D eigenvalue weighted by molar-refractivity contribution is 0.340. The third-order valence-corrected chi connectivity index (χ3v) is 3.62. The molecule has 0 spiro atoms. The fourth-order valence-electron chi connectivity index (χ4n) is 1.78. The molecule has 0 amide bonds. The average molecular weight is 262 g/mol. The first-order valence-electron chi connectivity index (χ1n) is 6.08. The SMILES string of the molecule is CCOc1ccc(C(N)Cc2ncc(C)s2)cc1. The predicted octanol–water partition coefficient (Wildman–Crippen LogP) is 3.09. The summed E-state index contributed by atoms with van der Waals surface area (Å²) in [5.74, 6) is 0.888. The fraction of sp³-hybridized carbons (Fsp3) is 0.357. The molecular formula is C14H18N2OS. The Labute approximate surface area is 112 Å². The number of nitrogens with two attached hydrogens (primary N) is 1. The molecule has 0 aliphatic carbocycles. The largest absolute Gasteiger partial charge is 0.494 e. The molecular weight excluding hydrogens is 244 g/mol. The summed E-state index contributed by atoms with van der Waals surface area (Å²) in [5.41, 5.74) is 7.30. The van der Waals surface area contributed by atoms with Gasteiger partial charge in [-0.05, 0) is 31.5 Å². The van der Waals surface area contributed by atoms with Crippen molar-refractivity contribution in [2.45, 2.75) is 26.3 Å². The smallest absolute Gasteiger partial charge is 0.119 e. The third kappa shape index (κ3) is 3.31. The van der Waals surface area contributed by atoms with Crippen molar-refractivity contribution < 1.29 is 4.74 Å². The van der Waals surface area contributed by atoms with Crippen LogP contribution >= 0.6 is 11.3 Å². The van der Waals surface area contributed by atoms with Crippen LogP contribution in [0.5, 0.6) is 5.75 Å². The van der Waals surface area contributed by atoms with E-state index in [2.05, 4.69) is 11.9 Å². The zero-order valence-electron chi connectivity index (χ0n) is 10.7. The van der Waals surface area contributed by atoms with Crippen LogP contribution in [0, 0.1) is 6.92 Å². The van der Waals surface area contributed by atoms with E-state index in [-0.39, 0.29) is 6.04 Å². The van der Waals surface area contributed by atoms with Crippen molar-refractivity contribution in [2.24, 2.45) is 5.73 Å². The van der Waals surface area contributed by atoms with E-state index >= 15 is 0 Å². The van der Waals surface area contributed by atoms with Gasteiger partial charge < -0.3 is 10.5 Å². The van der Waals surface area contributed by atoms with Crippen LogP contribution in [-0.2, 0) is 6.42 Å². The minimum atomic E-state index is -0.00812. The summed E-state index contributed by atoms with van der Waals surface area (Å²) >= 11 is 1.71. The van der Waals surface area contributed by atoms with Crippen molar-refractivity contribution in [3.05, 3.63) is 45.9 Å². The van der Waals surface area contributed by atoms with E-state index in [9.17, 15) is 0 Å². The Morgan fingerprint density at radius 1 is 1.33 bits per heavy atom. The molecule has 1 aromatic carbocycles. The summed E-state index contributed by atoms with van der Waals surface area (Å²) in [6, 6.07) is 7.97. The molecule has 1 heterocycles. The van der Waals surface area contributed by atoms with Crippen molar-refractivity contribution in [1.82, 2.24) is 4.98 Å². The number of aryl methyl sites for hydroxylation is 1. The van der Waals surface area contributed by atoms with Crippen LogP contribution < -0.4 is 10.5 Å². The van der Waals surface area contributed by atoms with E-state index in [4.69, 9.17) is 10.5 Å². The second-order valence-electron chi connectivity index (χ2n) is 4.18. The summed E-state index contributed by atoms with van der Waals surface area (Å²) < 4.78 is 5.41. The second-order valence-corrected chi connectivity index (χ2v) is 5.50. The van der Waals surface area contributed by atoms with E-state index in [0.29, 0.717) is 6.61 Å². The first-order chi connectivity index (χ1) is 8.69. The Kier molecular flexibility index (Phi) is 4.33. The van der Waals surface area contributed by atoms with Crippen LogP contribution in [0.3, 0.4) is 0 Å². The highest BCUT2D eigenvalue weighted by Crippen LogP contribution is 2.21. The van der Waals surface area contributed by atoms with Gasteiger partial charge in [0.1, 0.15) is 5.75 Å². The molecule has 2 N–H and O–H groups in total. The molecule has 2 aromatic rings. The first kappa shape index (κ1) is 13.1. The number of nitrogens with zero attached hydrogens (tertiary/aromatic N) is 1. The molecule has 1 aromatic heterocycles. The van der Waals surface area contributed by atoms with E-state index in [1.54, 1.807) is 11.3 Å². The van der Waals surface area contributed by atoms with Crippen LogP contribution in [0.4, 0.5) is 0 Å². The quantitative estimate of drug-likeness (QED) is 0.900. The van der Waals surface area contributed by atoms with E-state index < -0.39 is 0 Å². The highest BCUT2D eigenvalue weighted by molar-refractivity contribution is 7.11. The van der Waals surface area contributed by atoms with Crippen LogP contribution in [-0.4, -0.2) is 11.6 Å². The minimum Gasteiger partial charge on any atom is -0.494 e. The van der Waals surface area contributed by atoms with Gasteiger partial charge in [0.25, 0.3) is 0 Å². The molecule has 0 saturated carbocycles. The first-order valence-corrected chi connectivity index (χ1v) is 6.90. The normalized spacial score (nSPS) is 12.4. The minimum absolute atomic E-state index is 0.00812. The monoisotopic (exact) mass is 262 g/mol. The summed E-state index contributed by atoms with van der Waals surface area (Å²) in [5, 5.41) is 1.09. The van der Waals surface area contributed by atoms with Gasteiger partial charge in [-0.25, -0.2) is 4.98 Å². The molecule has 2 rings (SSSR count). The fourth-order valence-corrected chi connectivity index (χ4v) is 2.63. The van der Waals surface area contributed by atoms with Crippen LogP contribution in [0.1, 0.15) is 28.4 Å². The number of benzene rings is 1. The van der Waals surface area contributed by atoms with Gasteiger partial charge in [0, 0.05) is 23.5 Å². The highest BCUT2D eigenvalue weighted by Gasteiger charge is 2.09. The molecule has 0 radical (unpaired) electrons. The zero-order valence-corrected chi connectivity index (χ0v) is 11.5. The maximum atomic E-state index is 6.19. The lowest BCUT2D eigenvalue weighted by atomic mass is 10.1. The average Bonchev–Trinajstić information content (AvgIpc) is 2.76. The summed E-state index contributed by atoms with van der Waals surface area (Å²) in [6.07, 6.45) is 2.68. The van der Waals surface area contributed by atoms with Crippen LogP contribution in [0.2, 0.25) is 0 Å². The Hall–Kier alpha value is -1.39. The molecule has 18 heavy (non-hydrogen) atoms. The number of thiazole rings is 1. The van der Waals surface area contributed by atoms with Crippen LogP contribution in [0.25, 0.3) is 0 Å². The van der Waals surface area contributed by atoms with E-state index in [1.165, 1.54) is 4.88 Å². The van der Waals surface area contributed by atoms with Gasteiger partial charge >= 0.3 is 0 Å². The van der Waals surface area contributed by atoms with Gasteiger partial charge in [-0.3, -0.25) is 0 Å². The van der Waals surface area contributed by atoms with Gasteiger partial charge in [0.15, 0.2) is 0 Å². The Morgan fingerprint density at radius 2 is 2.06 bits per heavy atom. The predicted molar refractivity (Wildman–Crippen MR) is 75.1 cm³/mol.